The lowest BCUT2D eigenvalue weighted by Crippen LogP contribution is -2.40. The maximum absolute atomic E-state index is 13.2. The molecule has 3 N–H and O–H groups in total. The van der Waals surface area contributed by atoms with Crippen molar-refractivity contribution in [2.75, 3.05) is 19.0 Å². The van der Waals surface area contributed by atoms with Crippen molar-refractivity contribution in [3.05, 3.63) is 29.6 Å². The molecule has 2 amide bonds. The van der Waals surface area contributed by atoms with E-state index < -0.39 is 47.8 Å². The second-order valence-electron chi connectivity index (χ2n) is 3.64. The van der Waals surface area contributed by atoms with Crippen LogP contribution < -0.4 is 10.6 Å². The molecule has 1 aromatic rings. The Morgan fingerprint density at radius 1 is 1.30 bits per heavy atom. The van der Waals surface area contributed by atoms with Crippen LogP contribution >= 0.6 is 0 Å². The van der Waals surface area contributed by atoms with E-state index in [1.165, 1.54) is 0 Å². The SMILES string of the molecule is COC(CNC(=O)Nc1c(F)cc(F)cc1F)C(=O)O. The number of hydrogen-bond donors (Lipinski definition) is 3. The van der Waals surface area contributed by atoms with Crippen molar-refractivity contribution >= 4 is 17.7 Å². The first kappa shape index (κ1) is 15.8. The normalized spacial score (nSPS) is 11.8. The van der Waals surface area contributed by atoms with Crippen LogP contribution in [0, 0.1) is 17.5 Å². The molecule has 0 saturated heterocycles. The van der Waals surface area contributed by atoms with Crippen LogP contribution in [0.1, 0.15) is 0 Å². The third kappa shape index (κ3) is 4.12. The molecular weight excluding hydrogens is 281 g/mol. The zero-order chi connectivity index (χ0) is 15.3. The van der Waals surface area contributed by atoms with E-state index in [9.17, 15) is 22.8 Å². The van der Waals surface area contributed by atoms with Crippen molar-refractivity contribution in [1.82, 2.24) is 5.32 Å². The minimum Gasteiger partial charge on any atom is -0.479 e. The van der Waals surface area contributed by atoms with Gasteiger partial charge in [-0.25, -0.2) is 22.8 Å². The molecule has 1 unspecified atom stereocenters. The van der Waals surface area contributed by atoms with Crippen LogP contribution in [-0.2, 0) is 9.53 Å². The molecule has 0 heterocycles. The largest absolute Gasteiger partial charge is 0.479 e. The number of nitrogens with one attached hydrogen (secondary N) is 2. The van der Waals surface area contributed by atoms with Crippen LogP contribution in [0.5, 0.6) is 0 Å². The standard InChI is InChI=1S/C11H11F3N2O4/c1-20-8(10(17)18)4-15-11(19)16-9-6(13)2-5(12)3-7(9)14/h2-3,8H,4H2,1H3,(H,17,18)(H2,15,16,19). The Hall–Kier alpha value is -2.29. The van der Waals surface area contributed by atoms with E-state index in [-0.39, 0.29) is 0 Å². The molecule has 6 nitrogen and oxygen atoms in total. The van der Waals surface area contributed by atoms with Gasteiger partial charge >= 0.3 is 12.0 Å². The van der Waals surface area contributed by atoms with Gasteiger partial charge in [-0.3, -0.25) is 0 Å². The molecule has 1 rings (SSSR count). The number of benzene rings is 1. The number of amides is 2. The Morgan fingerprint density at radius 2 is 1.85 bits per heavy atom. The van der Waals surface area contributed by atoms with Gasteiger partial charge < -0.3 is 20.5 Å². The molecule has 0 aliphatic rings. The van der Waals surface area contributed by atoms with Gasteiger partial charge in [0.1, 0.15) is 11.5 Å². The van der Waals surface area contributed by atoms with Crippen molar-refractivity contribution in [2.45, 2.75) is 6.10 Å². The fourth-order valence-corrected chi connectivity index (χ4v) is 1.28. The van der Waals surface area contributed by atoms with Gasteiger partial charge in [-0.05, 0) is 0 Å². The number of methoxy groups -OCH3 is 1. The molecule has 0 bridgehead atoms. The van der Waals surface area contributed by atoms with Gasteiger partial charge in [0.15, 0.2) is 17.7 Å². The second-order valence-corrected chi connectivity index (χ2v) is 3.64. The number of ether oxygens (including phenoxy) is 1. The molecule has 0 saturated carbocycles. The van der Waals surface area contributed by atoms with Crippen molar-refractivity contribution < 1.29 is 32.6 Å². The molecule has 1 atom stereocenters. The molecule has 9 heteroatoms. The first-order valence-electron chi connectivity index (χ1n) is 5.30. The van der Waals surface area contributed by atoms with E-state index in [0.29, 0.717) is 12.1 Å². The van der Waals surface area contributed by atoms with Crippen molar-refractivity contribution in [3.63, 3.8) is 0 Å². The Morgan fingerprint density at radius 3 is 2.30 bits per heavy atom. The van der Waals surface area contributed by atoms with Crippen molar-refractivity contribution in [3.8, 4) is 0 Å². The molecule has 0 fully saturated rings. The van der Waals surface area contributed by atoms with Crippen LogP contribution in [0.25, 0.3) is 0 Å². The fourth-order valence-electron chi connectivity index (χ4n) is 1.28. The lowest BCUT2D eigenvalue weighted by molar-refractivity contribution is -0.147. The molecular formula is C11H11F3N2O4. The van der Waals surface area contributed by atoms with Gasteiger partial charge in [0.05, 0.1) is 6.54 Å². The molecule has 110 valence electrons. The van der Waals surface area contributed by atoms with Gasteiger partial charge in [-0.2, -0.15) is 0 Å². The van der Waals surface area contributed by atoms with Crippen LogP contribution in [0.3, 0.4) is 0 Å². The highest BCUT2D eigenvalue weighted by Crippen LogP contribution is 2.19. The summed E-state index contributed by atoms with van der Waals surface area (Å²) in [6, 6.07) is -0.264. The number of hydrogen-bond acceptors (Lipinski definition) is 3. The first-order valence-corrected chi connectivity index (χ1v) is 5.30. The summed E-state index contributed by atoms with van der Waals surface area (Å²) in [5.74, 6) is -5.03. The van der Waals surface area contributed by atoms with E-state index in [2.05, 4.69) is 4.74 Å². The molecule has 0 aromatic heterocycles. The summed E-state index contributed by atoms with van der Waals surface area (Å²) in [5, 5.41) is 12.5. The Balaban J connectivity index is 2.66. The summed E-state index contributed by atoms with van der Waals surface area (Å²) >= 11 is 0. The van der Waals surface area contributed by atoms with E-state index in [1.54, 1.807) is 0 Å². The number of carboxylic acids is 1. The molecule has 0 radical (unpaired) electrons. The van der Waals surface area contributed by atoms with Gasteiger partial charge in [0.25, 0.3) is 0 Å². The van der Waals surface area contributed by atoms with Crippen LogP contribution in [0.2, 0.25) is 0 Å². The smallest absolute Gasteiger partial charge is 0.334 e. The minimum atomic E-state index is -1.31. The summed E-state index contributed by atoms with van der Waals surface area (Å²) in [6.07, 6.45) is -1.30. The number of aliphatic carboxylic acids is 1. The summed E-state index contributed by atoms with van der Waals surface area (Å²) in [4.78, 5) is 21.9. The van der Waals surface area contributed by atoms with E-state index in [0.717, 1.165) is 7.11 Å². The van der Waals surface area contributed by atoms with Crippen LogP contribution in [0.15, 0.2) is 12.1 Å². The number of carbonyl (C=O) groups is 2. The van der Waals surface area contributed by atoms with E-state index in [4.69, 9.17) is 5.11 Å². The van der Waals surface area contributed by atoms with Crippen molar-refractivity contribution in [2.24, 2.45) is 0 Å². The topological polar surface area (TPSA) is 87.7 Å². The number of urea groups is 1. The maximum atomic E-state index is 13.2. The quantitative estimate of drug-likeness (QED) is 0.764. The molecule has 0 spiro atoms. The fraction of sp³-hybridized carbons (Fsp3) is 0.273. The van der Waals surface area contributed by atoms with Gasteiger partial charge in [0, 0.05) is 19.2 Å². The molecule has 1 aromatic carbocycles. The molecule has 20 heavy (non-hydrogen) atoms. The minimum absolute atomic E-state index is 0.397. The van der Waals surface area contributed by atoms with Crippen LogP contribution in [0.4, 0.5) is 23.7 Å². The lowest BCUT2D eigenvalue weighted by atomic mass is 10.3. The number of carboxylic acid groups (broad SMARTS) is 1. The Labute approximate surface area is 111 Å². The van der Waals surface area contributed by atoms with E-state index in [1.807, 2.05) is 10.6 Å². The number of carbonyl (C=O) groups excluding carboxylic acids is 1. The Bertz CT molecular complexity index is 501. The predicted octanol–water partition coefficient (Wildman–Crippen LogP) is 1.33. The summed E-state index contributed by atoms with van der Waals surface area (Å²) in [7, 11) is 1.12. The first-order chi connectivity index (χ1) is 9.35. The van der Waals surface area contributed by atoms with Gasteiger partial charge in [-0.15, -0.1) is 0 Å². The number of rotatable bonds is 5. The zero-order valence-electron chi connectivity index (χ0n) is 10.2. The van der Waals surface area contributed by atoms with Gasteiger partial charge in [-0.1, -0.05) is 0 Å². The summed E-state index contributed by atoms with van der Waals surface area (Å²) in [5.41, 5.74) is -0.840. The zero-order valence-corrected chi connectivity index (χ0v) is 10.2. The van der Waals surface area contributed by atoms with E-state index >= 15 is 0 Å². The highest BCUT2D eigenvalue weighted by molar-refractivity contribution is 5.89. The average molecular weight is 292 g/mol. The summed E-state index contributed by atoms with van der Waals surface area (Å²) < 4.78 is 43.6. The number of anilines is 1. The summed E-state index contributed by atoms with van der Waals surface area (Å²) in [6.45, 7) is -0.415. The average Bonchev–Trinajstić information content (AvgIpc) is 2.34. The monoisotopic (exact) mass is 292 g/mol. The Kier molecular flexibility index (Phi) is 5.32. The van der Waals surface area contributed by atoms with Crippen LogP contribution in [-0.4, -0.2) is 36.9 Å². The highest BCUT2D eigenvalue weighted by atomic mass is 19.1. The second kappa shape index (κ2) is 6.75. The third-order valence-electron chi connectivity index (χ3n) is 2.25. The lowest BCUT2D eigenvalue weighted by Gasteiger charge is -2.13. The van der Waals surface area contributed by atoms with Crippen molar-refractivity contribution in [1.29, 1.82) is 0 Å². The molecule has 0 aliphatic heterocycles. The maximum Gasteiger partial charge on any atom is 0.334 e. The van der Waals surface area contributed by atoms with Gasteiger partial charge in [0.2, 0.25) is 0 Å². The number of halogens is 3. The molecule has 0 aliphatic carbocycles. The highest BCUT2D eigenvalue weighted by Gasteiger charge is 2.18. The predicted molar refractivity (Wildman–Crippen MR) is 61.8 cm³/mol. The third-order valence-corrected chi connectivity index (χ3v) is 2.25.